The van der Waals surface area contributed by atoms with Crippen molar-refractivity contribution in [2.24, 2.45) is 5.73 Å². The zero-order chi connectivity index (χ0) is 13.8. The summed E-state index contributed by atoms with van der Waals surface area (Å²) in [5.74, 6) is 0. The van der Waals surface area contributed by atoms with Gasteiger partial charge in [-0.05, 0) is 39.3 Å². The summed E-state index contributed by atoms with van der Waals surface area (Å²) in [4.78, 5) is 2.42. The van der Waals surface area contributed by atoms with Crippen LogP contribution in [0.15, 0.2) is 6.07 Å². The maximum Gasteiger partial charge on any atom is 0.0625 e. The Kier molecular flexibility index (Phi) is 4.99. The Bertz CT molecular complexity index is 399. The van der Waals surface area contributed by atoms with Crippen molar-refractivity contribution in [2.75, 3.05) is 7.05 Å². The summed E-state index contributed by atoms with van der Waals surface area (Å²) in [6.45, 7) is 6.22. The van der Waals surface area contributed by atoms with Gasteiger partial charge in [0.25, 0.3) is 0 Å². The summed E-state index contributed by atoms with van der Waals surface area (Å²) in [5.41, 5.74) is 8.78. The predicted molar refractivity (Wildman–Crippen MR) is 79.0 cm³/mol. The second-order valence-corrected chi connectivity index (χ2v) is 5.73. The molecular weight excluding hydrogens is 236 g/mol. The van der Waals surface area contributed by atoms with Gasteiger partial charge in [-0.3, -0.25) is 9.58 Å². The van der Waals surface area contributed by atoms with Gasteiger partial charge in [0.05, 0.1) is 11.4 Å². The fourth-order valence-corrected chi connectivity index (χ4v) is 3.15. The Hall–Kier alpha value is -0.870. The highest BCUT2D eigenvalue weighted by atomic mass is 15.3. The lowest BCUT2D eigenvalue weighted by Crippen LogP contribution is -2.47. The van der Waals surface area contributed by atoms with Gasteiger partial charge in [-0.25, -0.2) is 0 Å². The van der Waals surface area contributed by atoms with Crippen molar-refractivity contribution in [2.45, 2.75) is 71.1 Å². The lowest BCUT2D eigenvalue weighted by Gasteiger charge is -2.36. The first-order chi connectivity index (χ1) is 9.15. The predicted octanol–water partition coefficient (Wildman–Crippen LogP) is 2.17. The van der Waals surface area contributed by atoms with Crippen LogP contribution in [0.25, 0.3) is 0 Å². The second kappa shape index (κ2) is 6.53. The van der Waals surface area contributed by atoms with Gasteiger partial charge in [-0.2, -0.15) is 5.10 Å². The molecule has 1 heterocycles. The summed E-state index contributed by atoms with van der Waals surface area (Å²) < 4.78 is 2.13. The molecular formula is C15H28N4. The molecule has 1 aliphatic rings. The van der Waals surface area contributed by atoms with E-state index in [9.17, 15) is 0 Å². The summed E-state index contributed by atoms with van der Waals surface area (Å²) in [6.07, 6.45) is 6.02. The van der Waals surface area contributed by atoms with Gasteiger partial charge >= 0.3 is 0 Å². The molecule has 2 N–H and O–H groups in total. The minimum atomic E-state index is 0.336. The summed E-state index contributed by atoms with van der Waals surface area (Å²) >= 11 is 0. The number of nitrogens with two attached hydrogens (primary N) is 1. The van der Waals surface area contributed by atoms with Crippen LogP contribution < -0.4 is 5.73 Å². The first-order valence-corrected chi connectivity index (χ1v) is 7.67. The standard InChI is InChI=1S/C15H28N4/c1-4-12-10-13(19(5-2)17-12)11-18(3)15-9-7-6-8-14(15)16/h10,14-15H,4-9,11,16H2,1-3H3. The van der Waals surface area contributed by atoms with E-state index in [0.29, 0.717) is 12.1 Å². The number of rotatable bonds is 5. The normalized spacial score (nSPS) is 24.1. The molecule has 1 aliphatic carbocycles. The number of hydrogen-bond donors (Lipinski definition) is 1. The Morgan fingerprint density at radius 2 is 2.11 bits per heavy atom. The summed E-state index contributed by atoms with van der Waals surface area (Å²) in [5, 5.41) is 4.62. The van der Waals surface area contributed by atoms with Crippen LogP contribution in [0.2, 0.25) is 0 Å². The molecule has 2 unspecified atom stereocenters. The monoisotopic (exact) mass is 264 g/mol. The van der Waals surface area contributed by atoms with Crippen LogP contribution in [0.5, 0.6) is 0 Å². The van der Waals surface area contributed by atoms with E-state index in [1.807, 2.05) is 0 Å². The molecule has 0 amide bonds. The highest BCUT2D eigenvalue weighted by molar-refractivity contribution is 5.10. The van der Waals surface area contributed by atoms with Crippen molar-refractivity contribution in [3.63, 3.8) is 0 Å². The Balaban J connectivity index is 2.04. The molecule has 1 fully saturated rings. The zero-order valence-corrected chi connectivity index (χ0v) is 12.6. The minimum Gasteiger partial charge on any atom is -0.326 e. The first kappa shape index (κ1) is 14.5. The minimum absolute atomic E-state index is 0.336. The molecule has 4 nitrogen and oxygen atoms in total. The molecule has 0 aliphatic heterocycles. The Morgan fingerprint density at radius 1 is 1.37 bits per heavy atom. The van der Waals surface area contributed by atoms with Crippen molar-refractivity contribution in [1.29, 1.82) is 0 Å². The van der Waals surface area contributed by atoms with Crippen LogP contribution in [-0.2, 0) is 19.5 Å². The molecule has 0 spiro atoms. The van der Waals surface area contributed by atoms with Crippen molar-refractivity contribution in [3.05, 3.63) is 17.5 Å². The third kappa shape index (κ3) is 3.37. The van der Waals surface area contributed by atoms with E-state index in [2.05, 4.69) is 41.6 Å². The molecule has 0 radical (unpaired) electrons. The Morgan fingerprint density at radius 3 is 2.74 bits per heavy atom. The first-order valence-electron chi connectivity index (χ1n) is 7.67. The van der Waals surface area contributed by atoms with Crippen LogP contribution in [0.4, 0.5) is 0 Å². The van der Waals surface area contributed by atoms with E-state index in [1.54, 1.807) is 0 Å². The van der Waals surface area contributed by atoms with Gasteiger partial charge in [-0.15, -0.1) is 0 Å². The molecule has 0 aromatic carbocycles. The summed E-state index contributed by atoms with van der Waals surface area (Å²) in [6, 6.07) is 3.11. The Labute approximate surface area is 117 Å². The highest BCUT2D eigenvalue weighted by Gasteiger charge is 2.26. The largest absolute Gasteiger partial charge is 0.326 e. The number of likely N-dealkylation sites (N-methyl/N-ethyl adjacent to an activating group) is 1. The van der Waals surface area contributed by atoms with Gasteiger partial charge < -0.3 is 5.73 Å². The van der Waals surface area contributed by atoms with E-state index in [-0.39, 0.29) is 0 Å². The lowest BCUT2D eigenvalue weighted by atomic mass is 9.90. The number of aromatic nitrogens is 2. The van der Waals surface area contributed by atoms with E-state index in [1.165, 1.54) is 37.1 Å². The maximum atomic E-state index is 6.27. The van der Waals surface area contributed by atoms with Gasteiger partial charge in [0.2, 0.25) is 0 Å². The van der Waals surface area contributed by atoms with Crippen LogP contribution in [0, 0.1) is 0 Å². The lowest BCUT2D eigenvalue weighted by molar-refractivity contribution is 0.158. The third-order valence-electron chi connectivity index (χ3n) is 4.33. The van der Waals surface area contributed by atoms with Crippen LogP contribution in [0.3, 0.4) is 0 Å². The van der Waals surface area contributed by atoms with Gasteiger partial charge in [0.1, 0.15) is 0 Å². The molecule has 2 atom stereocenters. The van der Waals surface area contributed by atoms with E-state index in [4.69, 9.17) is 5.73 Å². The van der Waals surface area contributed by atoms with Gasteiger partial charge in [0.15, 0.2) is 0 Å². The highest BCUT2D eigenvalue weighted by Crippen LogP contribution is 2.22. The van der Waals surface area contributed by atoms with E-state index >= 15 is 0 Å². The number of nitrogens with zero attached hydrogens (tertiary/aromatic N) is 3. The second-order valence-electron chi connectivity index (χ2n) is 5.73. The van der Waals surface area contributed by atoms with Crippen LogP contribution in [-0.4, -0.2) is 33.8 Å². The molecule has 1 aromatic heterocycles. The average Bonchev–Trinajstić information content (AvgIpc) is 2.81. The third-order valence-corrected chi connectivity index (χ3v) is 4.33. The summed E-state index contributed by atoms with van der Waals surface area (Å²) in [7, 11) is 2.20. The van der Waals surface area contributed by atoms with Crippen molar-refractivity contribution in [3.8, 4) is 0 Å². The molecule has 1 saturated carbocycles. The van der Waals surface area contributed by atoms with Crippen molar-refractivity contribution >= 4 is 0 Å². The average molecular weight is 264 g/mol. The smallest absolute Gasteiger partial charge is 0.0625 e. The van der Waals surface area contributed by atoms with E-state index < -0.39 is 0 Å². The molecule has 1 aromatic rings. The number of hydrogen-bond acceptors (Lipinski definition) is 3. The topological polar surface area (TPSA) is 47.1 Å². The quantitative estimate of drug-likeness (QED) is 0.886. The maximum absolute atomic E-state index is 6.27. The van der Waals surface area contributed by atoms with Gasteiger partial charge in [-0.1, -0.05) is 19.8 Å². The SMILES string of the molecule is CCc1cc(CN(C)C2CCCCC2N)n(CC)n1. The zero-order valence-electron chi connectivity index (χ0n) is 12.6. The van der Waals surface area contributed by atoms with Crippen LogP contribution >= 0.6 is 0 Å². The van der Waals surface area contributed by atoms with Crippen molar-refractivity contribution in [1.82, 2.24) is 14.7 Å². The van der Waals surface area contributed by atoms with Crippen LogP contribution in [0.1, 0.15) is 50.9 Å². The molecule has 108 valence electrons. The fraction of sp³-hybridized carbons (Fsp3) is 0.800. The molecule has 2 rings (SSSR count). The van der Waals surface area contributed by atoms with E-state index in [0.717, 1.165) is 19.5 Å². The molecule has 19 heavy (non-hydrogen) atoms. The van der Waals surface area contributed by atoms with Crippen molar-refractivity contribution < 1.29 is 0 Å². The fourth-order valence-electron chi connectivity index (χ4n) is 3.15. The van der Waals surface area contributed by atoms with Gasteiger partial charge in [0, 0.05) is 25.2 Å². The number of aryl methyl sites for hydroxylation is 2. The molecule has 0 saturated heterocycles. The molecule has 4 heteroatoms. The molecule has 0 bridgehead atoms.